The number of para-hydroxylation sites is 1. The number of hydroxylamine groups is 1. The molecular weight excluding hydrogens is 384 g/mol. The zero-order valence-corrected chi connectivity index (χ0v) is 16.9. The maximum absolute atomic E-state index is 13.5. The largest absolute Gasteiger partial charge is 0.273 e. The van der Waals surface area contributed by atoms with Gasteiger partial charge in [-0.1, -0.05) is 36.4 Å². The smallest absolute Gasteiger partial charge is 0.266 e. The summed E-state index contributed by atoms with van der Waals surface area (Å²) in [6.07, 6.45) is -0.824. The van der Waals surface area contributed by atoms with Crippen molar-refractivity contribution in [3.05, 3.63) is 82.0 Å². The molecule has 6 heteroatoms. The fraction of sp³-hybridized carbons (Fsp3) is 0.217. The summed E-state index contributed by atoms with van der Waals surface area (Å²) in [6.45, 7) is 3.95. The molecule has 29 heavy (non-hydrogen) atoms. The van der Waals surface area contributed by atoms with E-state index in [1.807, 2.05) is 73.8 Å². The van der Waals surface area contributed by atoms with Gasteiger partial charge < -0.3 is 0 Å². The number of fused-ring (bicyclic) bond motifs is 1. The number of hydrogen-bond acceptors (Lipinski definition) is 5. The lowest BCUT2D eigenvalue weighted by Crippen LogP contribution is -2.37. The molecule has 2 amide bonds. The third kappa shape index (κ3) is 2.79. The predicted octanol–water partition coefficient (Wildman–Crippen LogP) is 4.42. The van der Waals surface area contributed by atoms with Crippen molar-refractivity contribution in [3.63, 3.8) is 0 Å². The molecular formula is C23H20N2O3S. The highest BCUT2D eigenvalue weighted by molar-refractivity contribution is 7.10. The molecule has 2 aliphatic heterocycles. The van der Waals surface area contributed by atoms with Crippen LogP contribution in [0, 0.1) is 19.8 Å². The highest BCUT2D eigenvalue weighted by Crippen LogP contribution is 2.49. The van der Waals surface area contributed by atoms with Crippen LogP contribution in [0.2, 0.25) is 0 Å². The molecule has 0 spiro atoms. The first kappa shape index (κ1) is 18.1. The summed E-state index contributed by atoms with van der Waals surface area (Å²) in [5, 5.41) is 3.75. The van der Waals surface area contributed by atoms with Crippen molar-refractivity contribution in [1.29, 1.82) is 0 Å². The molecule has 0 saturated carbocycles. The molecule has 2 aliphatic rings. The summed E-state index contributed by atoms with van der Waals surface area (Å²) in [4.78, 5) is 35.2. The van der Waals surface area contributed by atoms with Crippen LogP contribution in [-0.4, -0.2) is 17.9 Å². The summed E-state index contributed by atoms with van der Waals surface area (Å²) in [5.41, 5.74) is 3.51. The third-order valence-corrected chi connectivity index (χ3v) is 6.51. The molecule has 2 aromatic carbocycles. The summed E-state index contributed by atoms with van der Waals surface area (Å²) in [6, 6.07) is 18.9. The van der Waals surface area contributed by atoms with Crippen molar-refractivity contribution < 1.29 is 14.4 Å². The van der Waals surface area contributed by atoms with Crippen LogP contribution < -0.4 is 9.96 Å². The highest BCUT2D eigenvalue weighted by atomic mass is 32.1. The summed E-state index contributed by atoms with van der Waals surface area (Å²) in [5.74, 6) is -1.09. The Kier molecular flexibility index (Phi) is 4.26. The van der Waals surface area contributed by atoms with E-state index >= 15 is 0 Å². The van der Waals surface area contributed by atoms with Gasteiger partial charge in [-0.25, -0.2) is 9.96 Å². The number of hydrogen-bond donors (Lipinski definition) is 0. The minimum atomic E-state index is -0.824. The first-order valence-electron chi connectivity index (χ1n) is 9.56. The van der Waals surface area contributed by atoms with Gasteiger partial charge in [0.1, 0.15) is 12.0 Å². The summed E-state index contributed by atoms with van der Waals surface area (Å²) in [7, 11) is 0. The third-order valence-electron chi connectivity index (χ3n) is 5.56. The van der Waals surface area contributed by atoms with Crippen molar-refractivity contribution in [2.24, 2.45) is 5.92 Å². The van der Waals surface area contributed by atoms with Crippen LogP contribution >= 0.6 is 11.3 Å². The molecule has 3 heterocycles. The Hall–Kier alpha value is -2.96. The topological polar surface area (TPSA) is 49.9 Å². The lowest BCUT2D eigenvalue weighted by molar-refractivity contribution is -0.126. The average molecular weight is 404 g/mol. The number of carbonyl (C=O) groups is 2. The van der Waals surface area contributed by atoms with E-state index in [-0.39, 0.29) is 17.9 Å². The molecule has 3 aromatic rings. The number of amides is 2. The Morgan fingerprint density at radius 3 is 2.48 bits per heavy atom. The maximum Gasteiger partial charge on any atom is 0.266 e. The number of rotatable bonds is 3. The number of nitrogens with zero attached hydrogens (tertiary/aromatic N) is 2. The molecule has 3 atom stereocenters. The van der Waals surface area contributed by atoms with Crippen LogP contribution in [0.25, 0.3) is 0 Å². The zero-order chi connectivity index (χ0) is 20.1. The molecule has 0 aliphatic carbocycles. The number of anilines is 2. The van der Waals surface area contributed by atoms with Gasteiger partial charge in [0.15, 0.2) is 6.10 Å². The number of carbonyl (C=O) groups excluding carboxylic acids is 2. The zero-order valence-electron chi connectivity index (χ0n) is 16.1. The van der Waals surface area contributed by atoms with Crippen LogP contribution in [0.5, 0.6) is 0 Å². The van der Waals surface area contributed by atoms with Crippen LogP contribution in [0.4, 0.5) is 11.4 Å². The monoisotopic (exact) mass is 404 g/mol. The molecule has 146 valence electrons. The van der Waals surface area contributed by atoms with E-state index in [4.69, 9.17) is 4.84 Å². The molecule has 0 radical (unpaired) electrons. The standard InChI is InChI=1S/C23H20N2O3S/c1-14-7-5-9-16(13-14)24-22(26)19-20(18-11-6-12-29-18)25(28-21(19)23(24)27)17-10-4-3-8-15(17)2/h3-13,19-21H,1-2H3. The Morgan fingerprint density at radius 2 is 1.76 bits per heavy atom. The molecule has 1 aromatic heterocycles. The predicted molar refractivity (Wildman–Crippen MR) is 113 cm³/mol. The van der Waals surface area contributed by atoms with Crippen molar-refractivity contribution in [3.8, 4) is 0 Å². The van der Waals surface area contributed by atoms with Gasteiger partial charge in [0.2, 0.25) is 5.91 Å². The van der Waals surface area contributed by atoms with Gasteiger partial charge in [-0.2, -0.15) is 0 Å². The number of imide groups is 1. The van der Waals surface area contributed by atoms with Gasteiger partial charge in [-0.15, -0.1) is 11.3 Å². The van der Waals surface area contributed by atoms with E-state index < -0.39 is 12.0 Å². The molecule has 5 nitrogen and oxygen atoms in total. The SMILES string of the molecule is Cc1cccc(N2C(=O)C3ON(c4ccccc4C)C(c4cccs4)C3C2=O)c1. The normalized spacial score (nSPS) is 23.7. The van der Waals surface area contributed by atoms with E-state index in [2.05, 4.69) is 0 Å². The average Bonchev–Trinajstić information content (AvgIpc) is 3.40. The van der Waals surface area contributed by atoms with Gasteiger partial charge in [0, 0.05) is 4.88 Å². The van der Waals surface area contributed by atoms with Crippen LogP contribution in [0.15, 0.2) is 66.0 Å². The Labute approximate surface area is 173 Å². The molecule has 0 N–H and O–H groups in total. The second-order valence-electron chi connectivity index (χ2n) is 7.48. The van der Waals surface area contributed by atoms with E-state index in [1.54, 1.807) is 22.5 Å². The van der Waals surface area contributed by atoms with Gasteiger partial charge in [0.25, 0.3) is 5.91 Å². The Morgan fingerprint density at radius 1 is 0.931 bits per heavy atom. The minimum Gasteiger partial charge on any atom is -0.273 e. The van der Waals surface area contributed by atoms with Gasteiger partial charge >= 0.3 is 0 Å². The van der Waals surface area contributed by atoms with Gasteiger partial charge in [0.05, 0.1) is 11.4 Å². The van der Waals surface area contributed by atoms with E-state index in [0.717, 1.165) is 21.7 Å². The van der Waals surface area contributed by atoms with Crippen molar-refractivity contribution in [2.75, 3.05) is 9.96 Å². The molecule has 2 saturated heterocycles. The quantitative estimate of drug-likeness (QED) is 0.607. The molecule has 3 unspecified atom stereocenters. The second-order valence-corrected chi connectivity index (χ2v) is 8.45. The number of thiophene rings is 1. The lowest BCUT2D eigenvalue weighted by atomic mass is 9.95. The van der Waals surface area contributed by atoms with Gasteiger partial charge in [-0.3, -0.25) is 14.4 Å². The second kappa shape index (κ2) is 6.83. The van der Waals surface area contributed by atoms with Crippen LogP contribution in [-0.2, 0) is 14.4 Å². The fourth-order valence-corrected chi connectivity index (χ4v) is 5.06. The minimum absolute atomic E-state index is 0.208. The molecule has 2 fully saturated rings. The lowest BCUT2D eigenvalue weighted by Gasteiger charge is -2.29. The Balaban J connectivity index is 1.59. The van der Waals surface area contributed by atoms with Crippen LogP contribution in [0.1, 0.15) is 22.0 Å². The highest BCUT2D eigenvalue weighted by Gasteiger charge is 2.60. The van der Waals surface area contributed by atoms with E-state index in [1.165, 1.54) is 4.90 Å². The molecule has 5 rings (SSSR count). The van der Waals surface area contributed by atoms with Gasteiger partial charge in [-0.05, 0) is 54.6 Å². The van der Waals surface area contributed by atoms with Crippen molar-refractivity contribution in [1.82, 2.24) is 0 Å². The first-order valence-corrected chi connectivity index (χ1v) is 10.4. The number of aryl methyl sites for hydroxylation is 2. The maximum atomic E-state index is 13.5. The van der Waals surface area contributed by atoms with E-state index in [0.29, 0.717) is 5.69 Å². The van der Waals surface area contributed by atoms with Crippen molar-refractivity contribution >= 4 is 34.5 Å². The first-order chi connectivity index (χ1) is 14.1. The Bertz CT molecular complexity index is 1100. The number of benzene rings is 2. The summed E-state index contributed by atoms with van der Waals surface area (Å²) >= 11 is 1.57. The molecule has 0 bridgehead atoms. The van der Waals surface area contributed by atoms with Crippen molar-refractivity contribution in [2.45, 2.75) is 26.0 Å². The summed E-state index contributed by atoms with van der Waals surface area (Å²) < 4.78 is 0. The van der Waals surface area contributed by atoms with E-state index in [9.17, 15) is 9.59 Å². The fourth-order valence-electron chi connectivity index (χ4n) is 4.20. The van der Waals surface area contributed by atoms with Crippen LogP contribution in [0.3, 0.4) is 0 Å².